The highest BCUT2D eigenvalue weighted by Crippen LogP contribution is 2.21. The van der Waals surface area contributed by atoms with Gasteiger partial charge in [0.1, 0.15) is 11.5 Å². The van der Waals surface area contributed by atoms with Gasteiger partial charge in [0.2, 0.25) is 0 Å². The zero-order valence-corrected chi connectivity index (χ0v) is 16.8. The van der Waals surface area contributed by atoms with Crippen LogP contribution in [0.4, 0.5) is 5.69 Å². The van der Waals surface area contributed by atoms with Crippen LogP contribution in [0.1, 0.15) is 16.2 Å². The van der Waals surface area contributed by atoms with E-state index in [1.165, 1.54) is 18.2 Å². The number of ether oxygens (including phenoxy) is 1. The lowest BCUT2D eigenvalue weighted by molar-refractivity contribution is -0.384. The molecule has 0 aliphatic rings. The fraction of sp³-hybridized carbons (Fsp3) is 0.0870. The molecule has 4 aromatic rings. The van der Waals surface area contributed by atoms with Gasteiger partial charge in [0, 0.05) is 18.6 Å². The number of nitrogens with zero attached hydrogens (tertiary/aromatic N) is 2. The number of non-ortho nitro benzene ring substituents is 1. The minimum atomic E-state index is -0.566. The number of aromatic amines is 1. The Balaban J connectivity index is 1.31. The summed E-state index contributed by atoms with van der Waals surface area (Å²) in [5.41, 5.74) is 1.47. The molecule has 1 heterocycles. The highest BCUT2D eigenvalue weighted by molar-refractivity contribution is 5.97. The number of ketones is 1. The van der Waals surface area contributed by atoms with Gasteiger partial charge in [-0.2, -0.15) is 0 Å². The number of nitro groups is 1. The van der Waals surface area contributed by atoms with Gasteiger partial charge in [0.15, 0.2) is 11.6 Å². The molecule has 0 bridgehead atoms. The quantitative estimate of drug-likeness (QED) is 0.323. The van der Waals surface area contributed by atoms with Crippen molar-refractivity contribution in [2.45, 2.75) is 6.42 Å². The molecule has 32 heavy (non-hydrogen) atoms. The van der Waals surface area contributed by atoms with Crippen LogP contribution in [-0.4, -0.2) is 33.1 Å². The number of carbonyl (C=O) groups excluding carboxylic acids is 2. The fourth-order valence-electron chi connectivity index (χ4n) is 3.07. The van der Waals surface area contributed by atoms with Gasteiger partial charge in [-0.15, -0.1) is 0 Å². The number of H-pyrrole nitrogens is 1. The summed E-state index contributed by atoms with van der Waals surface area (Å²) >= 11 is 0. The molecular formula is C23H18N4O5. The normalized spacial score (nSPS) is 10.6. The van der Waals surface area contributed by atoms with E-state index in [4.69, 9.17) is 4.74 Å². The third-order valence-electron chi connectivity index (χ3n) is 4.64. The second-order valence-electron chi connectivity index (χ2n) is 7.00. The molecule has 160 valence electrons. The third kappa shape index (κ3) is 4.96. The Hall–Kier alpha value is -4.53. The Bertz CT molecular complexity index is 1280. The van der Waals surface area contributed by atoms with Crippen LogP contribution in [0.25, 0.3) is 11.0 Å². The lowest BCUT2D eigenvalue weighted by atomic mass is 10.1. The third-order valence-corrected chi connectivity index (χ3v) is 4.64. The van der Waals surface area contributed by atoms with E-state index in [1.807, 2.05) is 30.3 Å². The van der Waals surface area contributed by atoms with Gasteiger partial charge in [-0.05, 0) is 35.9 Å². The SMILES string of the molecule is O=C(CNC(=O)c1nc2ccc([N+](=O)[O-])cc2[nH]1)Cc1ccc(Oc2ccccc2)cc1. The van der Waals surface area contributed by atoms with Crippen LogP contribution in [0, 0.1) is 10.1 Å². The standard InChI is InChI=1S/C23H18N4O5/c28-17(12-15-6-9-19(10-7-15)32-18-4-2-1-3-5-18)14-24-23(29)22-25-20-11-8-16(27(30)31)13-21(20)26-22/h1-11,13H,12,14H2,(H,24,29)(H,25,26). The second kappa shape index (κ2) is 9.09. The molecule has 0 saturated heterocycles. The number of nitro benzene ring substituents is 1. The summed E-state index contributed by atoms with van der Waals surface area (Å²) < 4.78 is 5.72. The first kappa shape index (κ1) is 20.7. The lowest BCUT2D eigenvalue weighted by Crippen LogP contribution is -2.31. The van der Waals surface area contributed by atoms with Crippen LogP contribution in [-0.2, 0) is 11.2 Å². The summed E-state index contributed by atoms with van der Waals surface area (Å²) in [6.45, 7) is -0.168. The highest BCUT2D eigenvalue weighted by atomic mass is 16.6. The summed E-state index contributed by atoms with van der Waals surface area (Å²) in [5, 5.41) is 13.4. The van der Waals surface area contributed by atoms with Crippen LogP contribution in [0.15, 0.2) is 72.8 Å². The van der Waals surface area contributed by atoms with Crippen LogP contribution in [0.5, 0.6) is 11.5 Å². The number of benzene rings is 3. The van der Waals surface area contributed by atoms with Gasteiger partial charge >= 0.3 is 0 Å². The number of hydrogen-bond donors (Lipinski definition) is 2. The second-order valence-corrected chi connectivity index (χ2v) is 7.00. The molecule has 3 aromatic carbocycles. The molecule has 0 radical (unpaired) electrons. The first-order valence-electron chi connectivity index (χ1n) is 9.74. The van der Waals surface area contributed by atoms with E-state index >= 15 is 0 Å². The average Bonchev–Trinajstić information content (AvgIpc) is 3.23. The van der Waals surface area contributed by atoms with Crippen molar-refractivity contribution in [1.29, 1.82) is 0 Å². The van der Waals surface area contributed by atoms with Crippen molar-refractivity contribution < 1.29 is 19.2 Å². The van der Waals surface area contributed by atoms with Crippen molar-refractivity contribution in [1.82, 2.24) is 15.3 Å². The van der Waals surface area contributed by atoms with E-state index < -0.39 is 10.8 Å². The molecule has 0 fully saturated rings. The monoisotopic (exact) mass is 430 g/mol. The molecule has 0 aliphatic heterocycles. The van der Waals surface area contributed by atoms with Gasteiger partial charge < -0.3 is 15.0 Å². The van der Waals surface area contributed by atoms with Gasteiger partial charge in [0.05, 0.1) is 22.5 Å². The number of fused-ring (bicyclic) bond motifs is 1. The molecule has 2 N–H and O–H groups in total. The number of Topliss-reactive ketones (excluding diaryl/α,β-unsaturated/α-hetero) is 1. The molecule has 0 spiro atoms. The Kier molecular flexibility index (Phi) is 5.89. The summed E-state index contributed by atoms with van der Waals surface area (Å²) in [5.74, 6) is 0.617. The van der Waals surface area contributed by atoms with Crippen LogP contribution in [0.2, 0.25) is 0 Å². The Labute approximate surface area is 182 Å². The molecule has 0 atom stereocenters. The largest absolute Gasteiger partial charge is 0.457 e. The summed E-state index contributed by atoms with van der Waals surface area (Å²) in [7, 11) is 0. The molecule has 9 heteroatoms. The molecular weight excluding hydrogens is 412 g/mol. The van der Waals surface area contributed by atoms with Gasteiger partial charge in [-0.25, -0.2) is 4.98 Å². The molecule has 1 amide bonds. The fourth-order valence-corrected chi connectivity index (χ4v) is 3.07. The first-order chi connectivity index (χ1) is 15.5. The van der Waals surface area contributed by atoms with Crippen LogP contribution >= 0.6 is 0 Å². The van der Waals surface area contributed by atoms with E-state index in [2.05, 4.69) is 15.3 Å². The highest BCUT2D eigenvalue weighted by Gasteiger charge is 2.15. The van der Waals surface area contributed by atoms with Crippen molar-refractivity contribution in [3.8, 4) is 11.5 Å². The zero-order chi connectivity index (χ0) is 22.5. The maximum atomic E-state index is 12.3. The Morgan fingerprint density at radius 1 is 1.00 bits per heavy atom. The van der Waals surface area contributed by atoms with E-state index in [-0.39, 0.29) is 30.3 Å². The number of aromatic nitrogens is 2. The number of hydrogen-bond acceptors (Lipinski definition) is 6. The molecule has 0 saturated carbocycles. The Morgan fingerprint density at radius 2 is 1.72 bits per heavy atom. The molecule has 9 nitrogen and oxygen atoms in total. The average molecular weight is 430 g/mol. The smallest absolute Gasteiger partial charge is 0.287 e. The zero-order valence-electron chi connectivity index (χ0n) is 16.8. The number of nitrogens with one attached hydrogen (secondary N) is 2. The summed E-state index contributed by atoms with van der Waals surface area (Å²) in [6, 6.07) is 20.6. The predicted octanol–water partition coefficient (Wildman–Crippen LogP) is 3.81. The topological polar surface area (TPSA) is 127 Å². The maximum absolute atomic E-state index is 12.3. The predicted molar refractivity (Wildman–Crippen MR) is 117 cm³/mol. The van der Waals surface area contributed by atoms with Crippen molar-refractivity contribution in [3.05, 3.63) is 94.3 Å². The number of imidazole rings is 1. The van der Waals surface area contributed by atoms with Gasteiger partial charge in [0.25, 0.3) is 11.6 Å². The summed E-state index contributed by atoms with van der Waals surface area (Å²) in [6.07, 6.45) is 0.151. The number of para-hydroxylation sites is 1. The van der Waals surface area contributed by atoms with E-state index in [1.54, 1.807) is 24.3 Å². The van der Waals surface area contributed by atoms with Gasteiger partial charge in [-0.1, -0.05) is 30.3 Å². The van der Waals surface area contributed by atoms with Crippen molar-refractivity contribution in [2.75, 3.05) is 6.54 Å². The number of carbonyl (C=O) groups is 2. The lowest BCUT2D eigenvalue weighted by Gasteiger charge is -2.07. The number of amides is 1. The maximum Gasteiger partial charge on any atom is 0.287 e. The minimum Gasteiger partial charge on any atom is -0.457 e. The molecule has 1 aromatic heterocycles. The van der Waals surface area contributed by atoms with E-state index in [9.17, 15) is 19.7 Å². The van der Waals surface area contributed by atoms with E-state index in [0.29, 0.717) is 16.8 Å². The van der Waals surface area contributed by atoms with Crippen LogP contribution in [0.3, 0.4) is 0 Å². The summed E-state index contributed by atoms with van der Waals surface area (Å²) in [4.78, 5) is 41.7. The van der Waals surface area contributed by atoms with Crippen molar-refractivity contribution >= 4 is 28.4 Å². The first-order valence-corrected chi connectivity index (χ1v) is 9.74. The van der Waals surface area contributed by atoms with E-state index in [0.717, 1.165) is 11.3 Å². The molecule has 0 unspecified atom stereocenters. The number of rotatable bonds is 8. The van der Waals surface area contributed by atoms with Crippen LogP contribution < -0.4 is 10.1 Å². The van der Waals surface area contributed by atoms with Crippen molar-refractivity contribution in [2.24, 2.45) is 0 Å². The molecule has 4 rings (SSSR count). The van der Waals surface area contributed by atoms with Gasteiger partial charge in [-0.3, -0.25) is 19.7 Å². The minimum absolute atomic E-state index is 0.0179. The molecule has 0 aliphatic carbocycles. The van der Waals surface area contributed by atoms with Crippen molar-refractivity contribution in [3.63, 3.8) is 0 Å². The Morgan fingerprint density at radius 3 is 2.44 bits per heavy atom.